The molecule has 2 aromatic carbocycles. The first-order chi connectivity index (χ1) is 10.4. The number of hydrogen-bond donors (Lipinski definition) is 1. The second kappa shape index (κ2) is 5.48. The van der Waals surface area contributed by atoms with Crippen LogP contribution in [0.1, 0.15) is 41.8 Å². The first-order valence-electron chi connectivity index (χ1n) is 7.57. The third-order valence-electron chi connectivity index (χ3n) is 3.94. The predicted octanol–water partition coefficient (Wildman–Crippen LogP) is 3.92. The van der Waals surface area contributed by atoms with E-state index in [0.717, 1.165) is 18.4 Å². The summed E-state index contributed by atoms with van der Waals surface area (Å²) in [5.41, 5.74) is 2.03. The van der Waals surface area contributed by atoms with Crippen LogP contribution in [0.2, 0.25) is 0 Å². The van der Waals surface area contributed by atoms with Crippen LogP contribution in [0.3, 0.4) is 0 Å². The number of aromatic hydroxyl groups is 1. The average molecular weight is 296 g/mol. The molecular formula is C19H20O3. The maximum absolute atomic E-state index is 12.2. The molecule has 0 bridgehead atoms. The molecule has 1 N–H and O–H groups in total. The summed E-state index contributed by atoms with van der Waals surface area (Å²) in [6.45, 7) is 3.78. The Labute approximate surface area is 130 Å². The van der Waals surface area contributed by atoms with Crippen molar-refractivity contribution < 1.29 is 14.6 Å². The Hall–Kier alpha value is -2.29. The van der Waals surface area contributed by atoms with Gasteiger partial charge in [0.1, 0.15) is 22.7 Å². The van der Waals surface area contributed by atoms with E-state index < -0.39 is 5.60 Å². The minimum atomic E-state index is -0.519. The molecule has 0 aliphatic carbocycles. The fraction of sp³-hybridized carbons (Fsp3) is 0.316. The van der Waals surface area contributed by atoms with Crippen molar-refractivity contribution in [3.63, 3.8) is 0 Å². The van der Waals surface area contributed by atoms with Crippen molar-refractivity contribution in [3.8, 4) is 11.5 Å². The predicted molar refractivity (Wildman–Crippen MR) is 85.6 cm³/mol. The summed E-state index contributed by atoms with van der Waals surface area (Å²) < 4.78 is 5.88. The molecule has 22 heavy (non-hydrogen) atoms. The Balaban J connectivity index is 1.86. The van der Waals surface area contributed by atoms with E-state index in [1.807, 2.05) is 38.1 Å². The SMILES string of the molecule is CC1(C)CC(=O)c2c(O)cc(CCc3ccccc3)cc2O1. The van der Waals surface area contributed by atoms with Crippen molar-refractivity contribution in [2.75, 3.05) is 0 Å². The summed E-state index contributed by atoms with van der Waals surface area (Å²) in [7, 11) is 0. The molecule has 3 nitrogen and oxygen atoms in total. The van der Waals surface area contributed by atoms with Gasteiger partial charge < -0.3 is 9.84 Å². The van der Waals surface area contributed by atoms with Crippen LogP contribution in [0.25, 0.3) is 0 Å². The number of ketones is 1. The quantitative estimate of drug-likeness (QED) is 0.933. The molecule has 3 rings (SSSR count). The van der Waals surface area contributed by atoms with Crippen molar-refractivity contribution in [1.29, 1.82) is 0 Å². The topological polar surface area (TPSA) is 46.5 Å². The van der Waals surface area contributed by atoms with Gasteiger partial charge in [-0.1, -0.05) is 30.3 Å². The molecule has 0 spiro atoms. The Morgan fingerprint density at radius 3 is 2.50 bits per heavy atom. The molecule has 114 valence electrons. The third-order valence-corrected chi connectivity index (χ3v) is 3.94. The normalized spacial score (nSPS) is 16.0. The zero-order valence-corrected chi connectivity index (χ0v) is 12.9. The van der Waals surface area contributed by atoms with Gasteiger partial charge in [0.05, 0.1) is 6.42 Å². The van der Waals surface area contributed by atoms with Crippen LogP contribution in [0.4, 0.5) is 0 Å². The largest absolute Gasteiger partial charge is 0.507 e. The Morgan fingerprint density at radius 2 is 1.77 bits per heavy atom. The minimum Gasteiger partial charge on any atom is -0.507 e. The standard InChI is InChI=1S/C19H20O3/c1-19(2)12-16(21)18-15(20)10-14(11-17(18)22-19)9-8-13-6-4-3-5-7-13/h3-7,10-11,20H,8-9,12H2,1-2H3. The van der Waals surface area contributed by atoms with Gasteiger partial charge in [-0.15, -0.1) is 0 Å². The van der Waals surface area contributed by atoms with E-state index in [9.17, 15) is 9.90 Å². The lowest BCUT2D eigenvalue weighted by molar-refractivity contribution is 0.0614. The summed E-state index contributed by atoms with van der Waals surface area (Å²) in [6, 6.07) is 13.8. The Morgan fingerprint density at radius 1 is 1.09 bits per heavy atom. The highest BCUT2D eigenvalue weighted by atomic mass is 16.5. The number of Topliss-reactive ketones (excluding diaryl/α,β-unsaturated/α-hetero) is 1. The van der Waals surface area contributed by atoms with Crippen molar-refractivity contribution >= 4 is 5.78 Å². The first kappa shape index (κ1) is 14.6. The molecule has 0 amide bonds. The van der Waals surface area contributed by atoms with Crippen LogP contribution in [0.15, 0.2) is 42.5 Å². The van der Waals surface area contributed by atoms with E-state index in [-0.39, 0.29) is 18.0 Å². The molecule has 0 radical (unpaired) electrons. The molecule has 0 fully saturated rings. The highest BCUT2D eigenvalue weighted by Gasteiger charge is 2.34. The van der Waals surface area contributed by atoms with Gasteiger partial charge in [0.25, 0.3) is 0 Å². The number of carbonyl (C=O) groups is 1. The lowest BCUT2D eigenvalue weighted by Gasteiger charge is -2.32. The van der Waals surface area contributed by atoms with E-state index in [2.05, 4.69) is 12.1 Å². The number of fused-ring (bicyclic) bond motifs is 1. The maximum atomic E-state index is 12.2. The zero-order valence-electron chi connectivity index (χ0n) is 12.9. The monoisotopic (exact) mass is 296 g/mol. The van der Waals surface area contributed by atoms with Crippen LogP contribution in [-0.2, 0) is 12.8 Å². The molecule has 1 heterocycles. The summed E-state index contributed by atoms with van der Waals surface area (Å²) in [5.74, 6) is 0.476. The average Bonchev–Trinajstić information content (AvgIpc) is 2.44. The minimum absolute atomic E-state index is 0.0288. The van der Waals surface area contributed by atoms with Crippen molar-refractivity contribution in [2.45, 2.75) is 38.7 Å². The van der Waals surface area contributed by atoms with E-state index in [1.165, 1.54) is 5.56 Å². The molecule has 3 heteroatoms. The van der Waals surface area contributed by atoms with Gasteiger partial charge in [-0.25, -0.2) is 0 Å². The van der Waals surface area contributed by atoms with Gasteiger partial charge in [-0.3, -0.25) is 4.79 Å². The van der Waals surface area contributed by atoms with Crippen molar-refractivity contribution in [3.05, 3.63) is 59.2 Å². The van der Waals surface area contributed by atoms with Crippen molar-refractivity contribution in [1.82, 2.24) is 0 Å². The number of benzene rings is 2. The maximum Gasteiger partial charge on any atom is 0.174 e. The lowest BCUT2D eigenvalue weighted by atomic mass is 9.91. The number of carbonyl (C=O) groups excluding carboxylic acids is 1. The molecule has 0 aromatic heterocycles. The molecular weight excluding hydrogens is 276 g/mol. The van der Waals surface area contributed by atoms with Gasteiger partial charge in [-0.2, -0.15) is 0 Å². The van der Waals surface area contributed by atoms with E-state index in [1.54, 1.807) is 6.07 Å². The molecule has 0 unspecified atom stereocenters. The molecule has 0 atom stereocenters. The molecule has 1 aliphatic heterocycles. The van der Waals surface area contributed by atoms with Crippen LogP contribution >= 0.6 is 0 Å². The van der Waals surface area contributed by atoms with E-state index >= 15 is 0 Å². The summed E-state index contributed by atoms with van der Waals surface area (Å²) >= 11 is 0. The molecule has 1 aliphatic rings. The van der Waals surface area contributed by atoms with Crippen LogP contribution in [0, 0.1) is 0 Å². The van der Waals surface area contributed by atoms with E-state index in [0.29, 0.717) is 11.3 Å². The molecule has 2 aromatic rings. The first-order valence-corrected chi connectivity index (χ1v) is 7.57. The number of phenolic OH excluding ortho intramolecular Hbond substituents is 1. The summed E-state index contributed by atoms with van der Waals surface area (Å²) in [4.78, 5) is 12.2. The fourth-order valence-corrected chi connectivity index (χ4v) is 2.90. The van der Waals surface area contributed by atoms with Crippen LogP contribution < -0.4 is 4.74 Å². The van der Waals surface area contributed by atoms with Gasteiger partial charge in [0.2, 0.25) is 0 Å². The van der Waals surface area contributed by atoms with Crippen molar-refractivity contribution in [2.24, 2.45) is 0 Å². The third kappa shape index (κ3) is 2.98. The number of hydrogen-bond acceptors (Lipinski definition) is 3. The summed E-state index contributed by atoms with van der Waals surface area (Å²) in [6.07, 6.45) is 1.97. The van der Waals surface area contributed by atoms with Gasteiger partial charge >= 0.3 is 0 Å². The van der Waals surface area contributed by atoms with Gasteiger partial charge in [-0.05, 0) is 49.9 Å². The number of aryl methyl sites for hydroxylation is 2. The van der Waals surface area contributed by atoms with Gasteiger partial charge in [0.15, 0.2) is 5.78 Å². The lowest BCUT2D eigenvalue weighted by Crippen LogP contribution is -2.36. The summed E-state index contributed by atoms with van der Waals surface area (Å²) in [5, 5.41) is 10.2. The Kier molecular flexibility index (Phi) is 3.65. The second-order valence-electron chi connectivity index (χ2n) is 6.44. The Bertz CT molecular complexity index is 702. The van der Waals surface area contributed by atoms with Gasteiger partial charge in [0, 0.05) is 0 Å². The zero-order chi connectivity index (χ0) is 15.7. The van der Waals surface area contributed by atoms with Crippen LogP contribution in [0.5, 0.6) is 11.5 Å². The smallest absolute Gasteiger partial charge is 0.174 e. The fourth-order valence-electron chi connectivity index (χ4n) is 2.90. The van der Waals surface area contributed by atoms with Crippen LogP contribution in [-0.4, -0.2) is 16.5 Å². The second-order valence-corrected chi connectivity index (χ2v) is 6.44. The molecule has 0 saturated heterocycles. The number of rotatable bonds is 3. The number of phenols is 1. The number of ether oxygens (including phenoxy) is 1. The highest BCUT2D eigenvalue weighted by molar-refractivity contribution is 6.02. The highest BCUT2D eigenvalue weighted by Crippen LogP contribution is 2.39. The molecule has 0 saturated carbocycles. The van der Waals surface area contributed by atoms with E-state index in [4.69, 9.17) is 4.74 Å².